The van der Waals surface area contributed by atoms with Crippen LogP contribution >= 0.6 is 0 Å². The lowest BCUT2D eigenvalue weighted by Crippen LogP contribution is -2.09. The largest absolute Gasteiger partial charge is 0.497 e. The average Bonchev–Trinajstić information content (AvgIpc) is 2.58. The molecule has 0 amide bonds. The molecule has 0 bridgehead atoms. The highest BCUT2D eigenvalue weighted by Gasteiger charge is 2.16. The van der Waals surface area contributed by atoms with E-state index in [0.717, 1.165) is 12.0 Å². The third-order valence-corrected chi connectivity index (χ3v) is 3.73. The molecule has 0 unspecified atom stereocenters. The number of aromatic carboxylic acids is 1. The Balaban J connectivity index is 2.51. The summed E-state index contributed by atoms with van der Waals surface area (Å²) in [5.74, 6) is 0.756. The molecule has 1 aromatic carbocycles. The van der Waals surface area contributed by atoms with Crippen molar-refractivity contribution in [3.05, 3.63) is 41.6 Å². The maximum atomic E-state index is 11.5. The first-order valence-electron chi connectivity index (χ1n) is 8.50. The lowest BCUT2D eigenvalue weighted by Gasteiger charge is -2.14. The van der Waals surface area contributed by atoms with Gasteiger partial charge in [-0.3, -0.25) is 4.98 Å². The van der Waals surface area contributed by atoms with E-state index in [1.807, 2.05) is 39.0 Å². The highest BCUT2D eigenvalue weighted by molar-refractivity contribution is 5.89. The molecule has 0 aliphatic rings. The van der Waals surface area contributed by atoms with E-state index in [9.17, 15) is 9.90 Å². The Morgan fingerprint density at radius 2 is 2.00 bits per heavy atom. The van der Waals surface area contributed by atoms with Crippen LogP contribution in [0.5, 0.6) is 11.5 Å². The van der Waals surface area contributed by atoms with Crippen molar-refractivity contribution in [2.45, 2.75) is 33.6 Å². The maximum absolute atomic E-state index is 11.5. The molecule has 134 valence electrons. The van der Waals surface area contributed by atoms with Crippen molar-refractivity contribution in [3.8, 4) is 22.8 Å². The van der Waals surface area contributed by atoms with Crippen LogP contribution in [-0.2, 0) is 6.42 Å². The second kappa shape index (κ2) is 8.51. The van der Waals surface area contributed by atoms with E-state index in [4.69, 9.17) is 9.47 Å². The van der Waals surface area contributed by atoms with Gasteiger partial charge in [0.05, 0.1) is 30.7 Å². The number of nitrogens with zero attached hydrogens (tertiary/aromatic N) is 1. The zero-order chi connectivity index (χ0) is 18.4. The molecule has 5 heteroatoms. The number of benzene rings is 1. The number of pyridine rings is 1. The number of rotatable bonds is 8. The Bertz CT molecular complexity index is 740. The molecule has 0 atom stereocenters. The average molecular weight is 343 g/mol. The van der Waals surface area contributed by atoms with Crippen molar-refractivity contribution in [1.82, 2.24) is 4.98 Å². The van der Waals surface area contributed by atoms with E-state index in [2.05, 4.69) is 4.98 Å². The molecule has 2 aromatic rings. The van der Waals surface area contributed by atoms with Gasteiger partial charge in [-0.2, -0.15) is 0 Å². The third-order valence-electron chi connectivity index (χ3n) is 3.73. The standard InChI is InChI=1S/C20H25NO4/c1-5-10-25-19-12-14(24-4)6-7-15(19)17-9-8-16(20(22)23)18(21-17)11-13(2)3/h6-9,12-13H,5,10-11H2,1-4H3,(H,22,23). The summed E-state index contributed by atoms with van der Waals surface area (Å²) in [5.41, 5.74) is 2.38. The molecule has 0 spiro atoms. The molecule has 0 radical (unpaired) electrons. The Morgan fingerprint density at radius 3 is 2.60 bits per heavy atom. The fourth-order valence-electron chi connectivity index (χ4n) is 2.56. The van der Waals surface area contributed by atoms with Crippen LogP contribution in [0.25, 0.3) is 11.3 Å². The highest BCUT2D eigenvalue weighted by Crippen LogP contribution is 2.33. The van der Waals surface area contributed by atoms with Gasteiger partial charge in [-0.15, -0.1) is 0 Å². The quantitative estimate of drug-likeness (QED) is 0.767. The molecule has 1 heterocycles. The van der Waals surface area contributed by atoms with Gasteiger partial charge in [-0.25, -0.2) is 4.79 Å². The number of carboxylic acid groups (broad SMARTS) is 1. The molecule has 5 nitrogen and oxygen atoms in total. The Kier molecular flexibility index (Phi) is 6.39. The minimum atomic E-state index is -0.952. The number of hydrogen-bond donors (Lipinski definition) is 1. The smallest absolute Gasteiger partial charge is 0.337 e. The van der Waals surface area contributed by atoms with Gasteiger partial charge in [0.25, 0.3) is 0 Å². The van der Waals surface area contributed by atoms with Crippen molar-refractivity contribution in [2.24, 2.45) is 5.92 Å². The Morgan fingerprint density at radius 1 is 1.24 bits per heavy atom. The topological polar surface area (TPSA) is 68.7 Å². The molecule has 0 saturated heterocycles. The first-order valence-corrected chi connectivity index (χ1v) is 8.50. The van der Waals surface area contributed by atoms with Crippen LogP contribution in [0.1, 0.15) is 43.2 Å². The summed E-state index contributed by atoms with van der Waals surface area (Å²) in [6, 6.07) is 8.93. The summed E-state index contributed by atoms with van der Waals surface area (Å²) >= 11 is 0. The van der Waals surface area contributed by atoms with Crippen molar-refractivity contribution in [1.29, 1.82) is 0 Å². The first-order chi connectivity index (χ1) is 12.0. The Hall–Kier alpha value is -2.56. The molecule has 1 aromatic heterocycles. The Labute approximate surface area is 148 Å². The molecule has 25 heavy (non-hydrogen) atoms. The lowest BCUT2D eigenvalue weighted by molar-refractivity contribution is 0.0695. The van der Waals surface area contributed by atoms with Gasteiger partial charge in [0.15, 0.2) is 0 Å². The monoisotopic (exact) mass is 343 g/mol. The zero-order valence-electron chi connectivity index (χ0n) is 15.2. The van der Waals surface area contributed by atoms with Crippen LogP contribution in [0.15, 0.2) is 30.3 Å². The van der Waals surface area contributed by atoms with E-state index in [0.29, 0.717) is 41.8 Å². The van der Waals surface area contributed by atoms with Crippen molar-refractivity contribution in [2.75, 3.05) is 13.7 Å². The summed E-state index contributed by atoms with van der Waals surface area (Å²) in [4.78, 5) is 16.1. The van der Waals surface area contributed by atoms with Crippen LogP contribution in [0.4, 0.5) is 0 Å². The third kappa shape index (κ3) is 4.72. The molecule has 0 aliphatic carbocycles. The second-order valence-electron chi connectivity index (χ2n) is 6.30. The molecule has 0 fully saturated rings. The number of aromatic nitrogens is 1. The van der Waals surface area contributed by atoms with Crippen LogP contribution < -0.4 is 9.47 Å². The predicted molar refractivity (Wildman–Crippen MR) is 97.5 cm³/mol. The molecule has 0 aliphatic heterocycles. The highest BCUT2D eigenvalue weighted by atomic mass is 16.5. The van der Waals surface area contributed by atoms with E-state index < -0.39 is 5.97 Å². The fraction of sp³-hybridized carbons (Fsp3) is 0.400. The maximum Gasteiger partial charge on any atom is 0.337 e. The first kappa shape index (κ1) is 18.8. The van der Waals surface area contributed by atoms with Gasteiger partial charge in [0, 0.05) is 11.6 Å². The molecule has 1 N–H and O–H groups in total. The predicted octanol–water partition coefficient (Wildman–Crippen LogP) is 4.44. The van der Waals surface area contributed by atoms with Gasteiger partial charge in [0.1, 0.15) is 11.5 Å². The fourth-order valence-corrected chi connectivity index (χ4v) is 2.56. The van der Waals surface area contributed by atoms with Crippen LogP contribution in [0, 0.1) is 5.92 Å². The van der Waals surface area contributed by atoms with E-state index in [1.54, 1.807) is 19.2 Å². The van der Waals surface area contributed by atoms with E-state index in [-0.39, 0.29) is 5.56 Å². The van der Waals surface area contributed by atoms with Gasteiger partial charge < -0.3 is 14.6 Å². The van der Waals surface area contributed by atoms with Crippen molar-refractivity contribution < 1.29 is 19.4 Å². The molecular weight excluding hydrogens is 318 g/mol. The number of hydrogen-bond acceptors (Lipinski definition) is 4. The lowest BCUT2D eigenvalue weighted by atomic mass is 10.0. The molecular formula is C20H25NO4. The van der Waals surface area contributed by atoms with Gasteiger partial charge >= 0.3 is 5.97 Å². The van der Waals surface area contributed by atoms with Crippen LogP contribution in [0.2, 0.25) is 0 Å². The summed E-state index contributed by atoms with van der Waals surface area (Å²) in [5, 5.41) is 9.40. The second-order valence-corrected chi connectivity index (χ2v) is 6.30. The number of methoxy groups -OCH3 is 1. The number of ether oxygens (including phenoxy) is 2. The van der Waals surface area contributed by atoms with Crippen molar-refractivity contribution in [3.63, 3.8) is 0 Å². The van der Waals surface area contributed by atoms with Crippen LogP contribution in [0.3, 0.4) is 0 Å². The van der Waals surface area contributed by atoms with Crippen LogP contribution in [-0.4, -0.2) is 29.8 Å². The minimum absolute atomic E-state index is 0.252. The summed E-state index contributed by atoms with van der Waals surface area (Å²) < 4.78 is 11.1. The van der Waals surface area contributed by atoms with E-state index in [1.165, 1.54) is 0 Å². The number of carbonyl (C=O) groups is 1. The zero-order valence-corrected chi connectivity index (χ0v) is 15.2. The number of carboxylic acids is 1. The molecule has 0 saturated carbocycles. The summed E-state index contributed by atoms with van der Waals surface area (Å²) in [6.45, 7) is 6.72. The van der Waals surface area contributed by atoms with Crippen molar-refractivity contribution >= 4 is 5.97 Å². The van der Waals surface area contributed by atoms with Gasteiger partial charge in [-0.05, 0) is 43.0 Å². The van der Waals surface area contributed by atoms with E-state index >= 15 is 0 Å². The van der Waals surface area contributed by atoms with Gasteiger partial charge in [-0.1, -0.05) is 20.8 Å². The van der Waals surface area contributed by atoms with Gasteiger partial charge in [0.2, 0.25) is 0 Å². The summed E-state index contributed by atoms with van der Waals surface area (Å²) in [7, 11) is 1.61. The normalized spacial score (nSPS) is 10.8. The minimum Gasteiger partial charge on any atom is -0.497 e. The summed E-state index contributed by atoms with van der Waals surface area (Å²) in [6.07, 6.45) is 1.50. The SMILES string of the molecule is CCCOc1cc(OC)ccc1-c1ccc(C(=O)O)c(CC(C)C)n1. The molecule has 2 rings (SSSR count).